The van der Waals surface area contributed by atoms with Gasteiger partial charge in [0.05, 0.1) is 12.7 Å². The number of rotatable bonds is 5. The number of hydrogen-bond acceptors (Lipinski definition) is 5. The quantitative estimate of drug-likeness (QED) is 0.783. The van der Waals surface area contributed by atoms with Crippen LogP contribution in [-0.2, 0) is 9.53 Å². The molecule has 0 unspecified atom stereocenters. The second-order valence-electron chi connectivity index (χ2n) is 4.88. The van der Waals surface area contributed by atoms with Crippen LogP contribution in [0.3, 0.4) is 0 Å². The first-order valence-corrected chi connectivity index (χ1v) is 7.04. The van der Waals surface area contributed by atoms with Gasteiger partial charge >= 0.3 is 0 Å². The first-order valence-electron chi connectivity index (χ1n) is 7.04. The number of ether oxygens (including phenoxy) is 2. The van der Waals surface area contributed by atoms with E-state index >= 15 is 0 Å². The average Bonchev–Trinajstić information content (AvgIpc) is 2.98. The van der Waals surface area contributed by atoms with Crippen LogP contribution in [0, 0.1) is 0 Å². The summed E-state index contributed by atoms with van der Waals surface area (Å²) in [6.45, 7) is 0.000899. The zero-order chi connectivity index (χ0) is 16.2. The number of oxazole rings is 1. The first-order chi connectivity index (χ1) is 11.2. The summed E-state index contributed by atoms with van der Waals surface area (Å²) in [6, 6.07) is 12.8. The average molecular weight is 312 g/mol. The van der Waals surface area contributed by atoms with Crippen LogP contribution in [0.25, 0.3) is 22.6 Å². The van der Waals surface area contributed by atoms with E-state index in [0.717, 1.165) is 5.56 Å². The molecule has 1 heterocycles. The van der Waals surface area contributed by atoms with Crippen LogP contribution < -0.4 is 10.1 Å². The Morgan fingerprint density at radius 2 is 2.04 bits per heavy atom. The van der Waals surface area contributed by atoms with Crippen molar-refractivity contribution in [2.24, 2.45) is 0 Å². The smallest absolute Gasteiger partial charge is 0.250 e. The lowest BCUT2D eigenvalue weighted by atomic mass is 10.2. The lowest BCUT2D eigenvalue weighted by Gasteiger charge is -2.03. The molecule has 0 bridgehead atoms. The second kappa shape index (κ2) is 6.50. The van der Waals surface area contributed by atoms with Crippen molar-refractivity contribution >= 4 is 22.7 Å². The second-order valence-corrected chi connectivity index (χ2v) is 4.88. The number of aromatic nitrogens is 1. The summed E-state index contributed by atoms with van der Waals surface area (Å²) in [7, 11) is 3.07. The Labute approximate surface area is 133 Å². The van der Waals surface area contributed by atoms with Crippen LogP contribution in [0.1, 0.15) is 0 Å². The van der Waals surface area contributed by atoms with Gasteiger partial charge in [0.2, 0.25) is 11.8 Å². The summed E-state index contributed by atoms with van der Waals surface area (Å²) in [6.07, 6.45) is 0. The van der Waals surface area contributed by atoms with E-state index in [2.05, 4.69) is 10.3 Å². The maximum atomic E-state index is 11.6. The van der Waals surface area contributed by atoms with E-state index in [1.165, 1.54) is 7.11 Å². The molecule has 0 saturated heterocycles. The molecule has 118 valence electrons. The number of carbonyl (C=O) groups excluding carboxylic acids is 1. The Bertz CT molecular complexity index is 841. The molecule has 0 fully saturated rings. The molecule has 0 aliphatic rings. The van der Waals surface area contributed by atoms with Gasteiger partial charge in [0.15, 0.2) is 5.58 Å². The Kier molecular flexibility index (Phi) is 4.25. The maximum Gasteiger partial charge on any atom is 0.250 e. The van der Waals surface area contributed by atoms with Crippen LogP contribution >= 0.6 is 0 Å². The number of hydrogen-bond donors (Lipinski definition) is 1. The number of carbonyl (C=O) groups is 1. The molecular weight excluding hydrogens is 296 g/mol. The van der Waals surface area contributed by atoms with Gasteiger partial charge in [-0.2, -0.15) is 0 Å². The third-order valence-corrected chi connectivity index (χ3v) is 3.29. The lowest BCUT2D eigenvalue weighted by Crippen LogP contribution is -2.16. The molecule has 0 aliphatic carbocycles. The highest BCUT2D eigenvalue weighted by Crippen LogP contribution is 2.32. The fraction of sp³-hybridized carbons (Fsp3) is 0.176. The van der Waals surface area contributed by atoms with E-state index in [-0.39, 0.29) is 12.5 Å². The van der Waals surface area contributed by atoms with Crippen LogP contribution in [0.5, 0.6) is 5.75 Å². The van der Waals surface area contributed by atoms with Crippen LogP contribution in [0.4, 0.5) is 5.69 Å². The van der Waals surface area contributed by atoms with Gasteiger partial charge in [0, 0.05) is 18.9 Å². The lowest BCUT2D eigenvalue weighted by molar-refractivity contribution is -0.119. The van der Waals surface area contributed by atoms with E-state index in [0.29, 0.717) is 28.4 Å². The molecule has 0 radical (unpaired) electrons. The zero-order valence-electron chi connectivity index (χ0n) is 12.8. The van der Waals surface area contributed by atoms with E-state index in [1.807, 2.05) is 24.3 Å². The molecule has 0 aliphatic heterocycles. The van der Waals surface area contributed by atoms with Crippen molar-refractivity contribution in [3.63, 3.8) is 0 Å². The zero-order valence-corrected chi connectivity index (χ0v) is 12.8. The topological polar surface area (TPSA) is 73.6 Å². The molecule has 0 spiro atoms. The number of nitrogens with one attached hydrogen (secondary N) is 1. The van der Waals surface area contributed by atoms with Crippen LogP contribution in [-0.4, -0.2) is 31.7 Å². The van der Waals surface area contributed by atoms with Crippen molar-refractivity contribution in [2.45, 2.75) is 0 Å². The molecule has 3 aromatic rings. The minimum atomic E-state index is -0.226. The Morgan fingerprint density at radius 1 is 1.22 bits per heavy atom. The third kappa shape index (κ3) is 3.17. The molecule has 1 amide bonds. The molecule has 6 heteroatoms. The SMILES string of the molecule is COCC(=O)Nc1ccc2nc(-c3ccccc3OC)oc2c1. The summed E-state index contributed by atoms with van der Waals surface area (Å²) < 4.78 is 15.9. The summed E-state index contributed by atoms with van der Waals surface area (Å²) in [5, 5.41) is 2.73. The fourth-order valence-electron chi connectivity index (χ4n) is 2.27. The fourth-order valence-corrected chi connectivity index (χ4v) is 2.27. The Balaban J connectivity index is 1.94. The highest BCUT2D eigenvalue weighted by Gasteiger charge is 2.13. The van der Waals surface area contributed by atoms with Gasteiger partial charge in [-0.3, -0.25) is 4.79 Å². The molecular formula is C17H16N2O4. The van der Waals surface area contributed by atoms with Crippen LogP contribution in [0.15, 0.2) is 46.9 Å². The number of amides is 1. The molecule has 6 nitrogen and oxygen atoms in total. The van der Waals surface area contributed by atoms with Crippen LogP contribution in [0.2, 0.25) is 0 Å². The summed E-state index contributed by atoms with van der Waals surface area (Å²) >= 11 is 0. The van der Waals surface area contributed by atoms with E-state index in [9.17, 15) is 4.79 Å². The summed E-state index contributed by atoms with van der Waals surface area (Å²) in [5.74, 6) is 0.932. The highest BCUT2D eigenvalue weighted by atomic mass is 16.5. The number of anilines is 1. The minimum Gasteiger partial charge on any atom is -0.496 e. The normalized spacial score (nSPS) is 10.7. The third-order valence-electron chi connectivity index (χ3n) is 3.29. The van der Waals surface area contributed by atoms with Gasteiger partial charge in [-0.1, -0.05) is 12.1 Å². The molecule has 1 N–H and O–H groups in total. The number of nitrogens with zero attached hydrogens (tertiary/aromatic N) is 1. The molecule has 0 atom stereocenters. The Hall–Kier alpha value is -2.86. The minimum absolute atomic E-state index is 0.000899. The summed E-state index contributed by atoms with van der Waals surface area (Å²) in [5.41, 5.74) is 2.69. The largest absolute Gasteiger partial charge is 0.496 e. The number of para-hydroxylation sites is 1. The maximum absolute atomic E-state index is 11.6. The Morgan fingerprint density at radius 3 is 2.83 bits per heavy atom. The van der Waals surface area contributed by atoms with Crippen molar-refractivity contribution < 1.29 is 18.7 Å². The van der Waals surface area contributed by atoms with E-state index < -0.39 is 0 Å². The van der Waals surface area contributed by atoms with Gasteiger partial charge in [-0.05, 0) is 24.3 Å². The molecule has 2 aromatic carbocycles. The van der Waals surface area contributed by atoms with Crippen molar-refractivity contribution in [3.8, 4) is 17.2 Å². The molecule has 3 rings (SSSR count). The predicted molar refractivity (Wildman–Crippen MR) is 86.5 cm³/mol. The summed E-state index contributed by atoms with van der Waals surface area (Å²) in [4.78, 5) is 16.0. The van der Waals surface area contributed by atoms with E-state index in [1.54, 1.807) is 25.3 Å². The highest BCUT2D eigenvalue weighted by molar-refractivity contribution is 5.93. The first kappa shape index (κ1) is 15.1. The monoisotopic (exact) mass is 312 g/mol. The van der Waals surface area contributed by atoms with Gasteiger partial charge in [-0.15, -0.1) is 0 Å². The van der Waals surface area contributed by atoms with Crippen molar-refractivity contribution in [1.82, 2.24) is 4.98 Å². The predicted octanol–water partition coefficient (Wildman–Crippen LogP) is 3.09. The molecule has 23 heavy (non-hydrogen) atoms. The van der Waals surface area contributed by atoms with Gasteiger partial charge in [0.1, 0.15) is 17.9 Å². The number of methoxy groups -OCH3 is 2. The number of benzene rings is 2. The van der Waals surface area contributed by atoms with Gasteiger partial charge in [0.25, 0.3) is 0 Å². The van der Waals surface area contributed by atoms with Gasteiger partial charge in [-0.25, -0.2) is 4.98 Å². The number of fused-ring (bicyclic) bond motifs is 1. The van der Waals surface area contributed by atoms with E-state index in [4.69, 9.17) is 13.9 Å². The van der Waals surface area contributed by atoms with Crippen molar-refractivity contribution in [3.05, 3.63) is 42.5 Å². The molecule has 0 saturated carbocycles. The molecule has 1 aromatic heterocycles. The van der Waals surface area contributed by atoms with Crippen molar-refractivity contribution in [1.29, 1.82) is 0 Å². The van der Waals surface area contributed by atoms with Crippen molar-refractivity contribution in [2.75, 3.05) is 26.1 Å². The van der Waals surface area contributed by atoms with Gasteiger partial charge < -0.3 is 19.2 Å². The standard InChI is InChI=1S/C17H16N2O4/c1-21-10-16(20)18-11-7-8-13-15(9-11)23-17(19-13)12-5-3-4-6-14(12)22-2/h3-9H,10H2,1-2H3,(H,18,20).